The van der Waals surface area contributed by atoms with Crippen LogP contribution in [0.3, 0.4) is 0 Å². The molecule has 1 aromatic rings. The summed E-state index contributed by atoms with van der Waals surface area (Å²) in [5.41, 5.74) is 2.36. The molecule has 0 radical (unpaired) electrons. The Morgan fingerprint density at radius 2 is 1.85 bits per heavy atom. The molecular formula is C14H21BrN2O2S. The molecule has 0 spiro atoms. The van der Waals surface area contributed by atoms with Gasteiger partial charge in [0.05, 0.1) is 5.75 Å². The van der Waals surface area contributed by atoms with Crippen molar-refractivity contribution in [2.24, 2.45) is 0 Å². The van der Waals surface area contributed by atoms with Crippen LogP contribution in [0, 0.1) is 6.92 Å². The van der Waals surface area contributed by atoms with Gasteiger partial charge in [-0.2, -0.15) is 4.31 Å². The number of anilines is 1. The molecule has 0 N–H and O–H groups in total. The highest BCUT2D eigenvalue weighted by molar-refractivity contribution is 9.10. The first kappa shape index (κ1) is 15.8. The fourth-order valence-electron chi connectivity index (χ4n) is 2.44. The van der Waals surface area contributed by atoms with E-state index in [0.717, 1.165) is 17.6 Å². The summed E-state index contributed by atoms with van der Waals surface area (Å²) in [6.45, 7) is 6.64. The summed E-state index contributed by atoms with van der Waals surface area (Å²) in [6, 6.07) is 6.26. The second-order valence-corrected chi connectivity index (χ2v) is 8.08. The van der Waals surface area contributed by atoms with E-state index in [1.807, 2.05) is 13.0 Å². The molecule has 0 amide bonds. The zero-order valence-corrected chi connectivity index (χ0v) is 14.4. The molecule has 1 aliphatic heterocycles. The minimum absolute atomic E-state index is 0.254. The Bertz CT molecular complexity index is 567. The highest BCUT2D eigenvalue weighted by Crippen LogP contribution is 2.24. The highest BCUT2D eigenvalue weighted by Gasteiger charge is 2.26. The maximum absolute atomic E-state index is 12.0. The van der Waals surface area contributed by atoms with Crippen molar-refractivity contribution in [3.05, 3.63) is 28.2 Å². The summed E-state index contributed by atoms with van der Waals surface area (Å²) in [4.78, 5) is 2.25. The first-order chi connectivity index (χ1) is 9.44. The number of hydrogen-bond donors (Lipinski definition) is 0. The van der Waals surface area contributed by atoms with Gasteiger partial charge in [0.1, 0.15) is 0 Å². The standard InChI is InChI=1S/C14H21BrN2O2S/c1-3-10-20(18,19)17-8-6-16(7-9-17)13-4-5-14(15)12(2)11-13/h4-5,11H,3,6-10H2,1-2H3. The molecule has 1 aliphatic rings. The first-order valence-electron chi connectivity index (χ1n) is 6.93. The summed E-state index contributed by atoms with van der Waals surface area (Å²) in [5, 5.41) is 0. The predicted molar refractivity (Wildman–Crippen MR) is 86.7 cm³/mol. The number of aryl methyl sites for hydroxylation is 1. The molecule has 1 saturated heterocycles. The zero-order valence-electron chi connectivity index (χ0n) is 12.0. The molecule has 0 aliphatic carbocycles. The van der Waals surface area contributed by atoms with Crippen molar-refractivity contribution >= 4 is 31.6 Å². The van der Waals surface area contributed by atoms with E-state index in [2.05, 4.69) is 39.9 Å². The van der Waals surface area contributed by atoms with E-state index in [-0.39, 0.29) is 5.75 Å². The van der Waals surface area contributed by atoms with E-state index < -0.39 is 10.0 Å². The predicted octanol–water partition coefficient (Wildman–Crippen LogP) is 2.62. The van der Waals surface area contributed by atoms with Crippen LogP contribution in [0.25, 0.3) is 0 Å². The zero-order chi connectivity index (χ0) is 14.8. The van der Waals surface area contributed by atoms with Gasteiger partial charge in [0.15, 0.2) is 0 Å². The van der Waals surface area contributed by atoms with Crippen molar-refractivity contribution in [1.29, 1.82) is 0 Å². The summed E-state index contributed by atoms with van der Waals surface area (Å²) in [6.07, 6.45) is 0.675. The molecule has 1 fully saturated rings. The van der Waals surface area contributed by atoms with Crippen LogP contribution < -0.4 is 4.90 Å². The number of nitrogens with zero attached hydrogens (tertiary/aromatic N) is 2. The van der Waals surface area contributed by atoms with Gasteiger partial charge >= 0.3 is 0 Å². The van der Waals surface area contributed by atoms with Crippen LogP contribution in [0.1, 0.15) is 18.9 Å². The lowest BCUT2D eigenvalue weighted by Crippen LogP contribution is -2.49. The number of benzene rings is 1. The summed E-state index contributed by atoms with van der Waals surface area (Å²) in [5.74, 6) is 0.254. The molecule has 4 nitrogen and oxygen atoms in total. The second kappa shape index (κ2) is 6.45. The lowest BCUT2D eigenvalue weighted by atomic mass is 10.2. The van der Waals surface area contributed by atoms with Gasteiger partial charge in [-0.05, 0) is 37.1 Å². The van der Waals surface area contributed by atoms with Crippen LogP contribution in [-0.4, -0.2) is 44.7 Å². The van der Waals surface area contributed by atoms with Crippen molar-refractivity contribution < 1.29 is 8.42 Å². The Morgan fingerprint density at radius 1 is 1.20 bits per heavy atom. The van der Waals surface area contributed by atoms with E-state index in [1.54, 1.807) is 4.31 Å². The number of piperazine rings is 1. The Balaban J connectivity index is 2.02. The van der Waals surface area contributed by atoms with Crippen molar-refractivity contribution in [2.45, 2.75) is 20.3 Å². The van der Waals surface area contributed by atoms with Crippen molar-refractivity contribution in [2.75, 3.05) is 36.8 Å². The average Bonchev–Trinajstić information content (AvgIpc) is 2.42. The third-order valence-corrected chi connectivity index (χ3v) is 6.57. The van der Waals surface area contributed by atoms with Crippen LogP contribution in [0.4, 0.5) is 5.69 Å². The third kappa shape index (κ3) is 3.54. The fourth-order valence-corrected chi connectivity index (χ4v) is 4.18. The van der Waals surface area contributed by atoms with E-state index >= 15 is 0 Å². The average molecular weight is 361 g/mol. The van der Waals surface area contributed by atoms with Gasteiger partial charge in [-0.25, -0.2) is 8.42 Å². The number of rotatable bonds is 4. The molecule has 6 heteroatoms. The van der Waals surface area contributed by atoms with E-state index in [4.69, 9.17) is 0 Å². The SMILES string of the molecule is CCCS(=O)(=O)N1CCN(c2ccc(Br)c(C)c2)CC1. The molecule has 0 bridgehead atoms. The number of hydrogen-bond acceptors (Lipinski definition) is 3. The molecule has 20 heavy (non-hydrogen) atoms. The third-order valence-electron chi connectivity index (χ3n) is 3.60. The Morgan fingerprint density at radius 3 is 2.40 bits per heavy atom. The molecule has 1 aromatic carbocycles. The van der Waals surface area contributed by atoms with Gasteiger partial charge in [0.25, 0.3) is 0 Å². The quantitative estimate of drug-likeness (QED) is 0.828. The summed E-state index contributed by atoms with van der Waals surface area (Å²) >= 11 is 3.50. The van der Waals surface area contributed by atoms with Gasteiger partial charge in [0, 0.05) is 36.3 Å². The van der Waals surface area contributed by atoms with Gasteiger partial charge in [0.2, 0.25) is 10.0 Å². The molecule has 112 valence electrons. The Labute approximate surface area is 129 Å². The van der Waals surface area contributed by atoms with Crippen molar-refractivity contribution in [3.8, 4) is 0 Å². The van der Waals surface area contributed by atoms with Crippen LogP contribution in [0.5, 0.6) is 0 Å². The maximum Gasteiger partial charge on any atom is 0.214 e. The lowest BCUT2D eigenvalue weighted by molar-refractivity contribution is 0.384. The van der Waals surface area contributed by atoms with Crippen LogP contribution >= 0.6 is 15.9 Å². The van der Waals surface area contributed by atoms with E-state index in [0.29, 0.717) is 19.5 Å². The monoisotopic (exact) mass is 360 g/mol. The van der Waals surface area contributed by atoms with Crippen LogP contribution in [0.15, 0.2) is 22.7 Å². The smallest absolute Gasteiger partial charge is 0.214 e. The molecule has 0 unspecified atom stereocenters. The molecular weight excluding hydrogens is 340 g/mol. The van der Waals surface area contributed by atoms with Gasteiger partial charge in [-0.3, -0.25) is 0 Å². The summed E-state index contributed by atoms with van der Waals surface area (Å²) in [7, 11) is -3.05. The normalized spacial score (nSPS) is 17.4. The lowest BCUT2D eigenvalue weighted by Gasteiger charge is -2.35. The first-order valence-corrected chi connectivity index (χ1v) is 9.33. The van der Waals surface area contributed by atoms with Gasteiger partial charge in [-0.15, -0.1) is 0 Å². The van der Waals surface area contributed by atoms with Crippen LogP contribution in [0.2, 0.25) is 0 Å². The van der Waals surface area contributed by atoms with Crippen molar-refractivity contribution in [1.82, 2.24) is 4.31 Å². The molecule has 0 aromatic heterocycles. The highest BCUT2D eigenvalue weighted by atomic mass is 79.9. The minimum Gasteiger partial charge on any atom is -0.369 e. The second-order valence-electron chi connectivity index (χ2n) is 5.14. The molecule has 2 rings (SSSR count). The largest absolute Gasteiger partial charge is 0.369 e. The topological polar surface area (TPSA) is 40.6 Å². The fraction of sp³-hybridized carbons (Fsp3) is 0.571. The Hall–Kier alpha value is -0.590. The number of halogens is 1. The molecule has 1 heterocycles. The van der Waals surface area contributed by atoms with Crippen molar-refractivity contribution in [3.63, 3.8) is 0 Å². The summed E-state index contributed by atoms with van der Waals surface area (Å²) < 4.78 is 26.8. The minimum atomic E-state index is -3.05. The van der Waals surface area contributed by atoms with E-state index in [9.17, 15) is 8.42 Å². The molecule has 0 atom stereocenters. The van der Waals surface area contributed by atoms with E-state index in [1.165, 1.54) is 11.3 Å². The molecule has 0 saturated carbocycles. The van der Waals surface area contributed by atoms with Gasteiger partial charge in [-0.1, -0.05) is 22.9 Å². The maximum atomic E-state index is 12.0. The number of sulfonamides is 1. The van der Waals surface area contributed by atoms with Crippen LogP contribution in [-0.2, 0) is 10.0 Å². The Kier molecular flexibility index (Phi) is 5.09. The van der Waals surface area contributed by atoms with Gasteiger partial charge < -0.3 is 4.90 Å².